The summed E-state index contributed by atoms with van der Waals surface area (Å²) in [6.45, 7) is 3.35. The third-order valence-electron chi connectivity index (χ3n) is 2.73. The van der Waals surface area contributed by atoms with Crippen molar-refractivity contribution in [3.05, 3.63) is 33.3 Å². The number of halogens is 2. The zero-order valence-electron chi connectivity index (χ0n) is 10.8. The van der Waals surface area contributed by atoms with Crippen LogP contribution >= 0.6 is 27.5 Å². The molecule has 5 heteroatoms. The van der Waals surface area contributed by atoms with E-state index in [9.17, 15) is 4.79 Å². The molecule has 1 amide bonds. The van der Waals surface area contributed by atoms with Crippen molar-refractivity contribution in [2.24, 2.45) is 5.92 Å². The summed E-state index contributed by atoms with van der Waals surface area (Å²) in [6.07, 6.45) is 0. The molecule has 3 nitrogen and oxygen atoms in total. The quantitative estimate of drug-likeness (QED) is 0.898. The predicted octanol–water partition coefficient (Wildman–Crippen LogP) is 2.92. The Morgan fingerprint density at radius 2 is 2.22 bits per heavy atom. The Hall–Kier alpha value is -0.580. The Bertz CT molecular complexity index is 425. The van der Waals surface area contributed by atoms with E-state index in [4.69, 9.17) is 11.6 Å². The zero-order valence-corrected chi connectivity index (χ0v) is 13.2. The predicted molar refractivity (Wildman–Crippen MR) is 78.7 cm³/mol. The summed E-state index contributed by atoms with van der Waals surface area (Å²) in [4.78, 5) is 13.5. The average Bonchev–Trinajstić information content (AvgIpc) is 2.31. The number of amides is 1. The molecule has 1 N–H and O–H groups in total. The second-order valence-corrected chi connectivity index (χ2v) is 5.77. The first-order chi connectivity index (χ1) is 8.43. The van der Waals surface area contributed by atoms with Gasteiger partial charge in [-0.15, -0.1) is 0 Å². The lowest BCUT2D eigenvalue weighted by Gasteiger charge is -2.21. The second-order valence-electron chi connectivity index (χ2n) is 4.45. The molecule has 1 aromatic rings. The summed E-state index contributed by atoms with van der Waals surface area (Å²) in [5.74, 6) is 0.0259. The highest BCUT2D eigenvalue weighted by molar-refractivity contribution is 9.10. The van der Waals surface area contributed by atoms with E-state index in [2.05, 4.69) is 26.1 Å². The summed E-state index contributed by atoms with van der Waals surface area (Å²) in [6, 6.07) is 5.84. The Morgan fingerprint density at radius 1 is 1.56 bits per heavy atom. The third-order valence-corrected chi connectivity index (χ3v) is 3.58. The minimum absolute atomic E-state index is 0.0331. The molecule has 0 aliphatic rings. The summed E-state index contributed by atoms with van der Waals surface area (Å²) in [5.41, 5.74) is 1.06. The van der Waals surface area contributed by atoms with Gasteiger partial charge in [-0.3, -0.25) is 4.79 Å². The fourth-order valence-electron chi connectivity index (χ4n) is 1.80. The summed E-state index contributed by atoms with van der Waals surface area (Å²) in [7, 11) is 3.64. The molecule has 0 spiro atoms. The summed E-state index contributed by atoms with van der Waals surface area (Å²) < 4.78 is 0.970. The van der Waals surface area contributed by atoms with Gasteiger partial charge in [-0.05, 0) is 24.7 Å². The standard InChI is InChI=1S/C13H18BrClN2O/c1-9(13(18)16-2)7-17(3)8-10-4-5-11(14)6-12(10)15/h4-6,9H,7-8H2,1-3H3,(H,16,18). The molecule has 18 heavy (non-hydrogen) atoms. The van der Waals surface area contributed by atoms with Crippen LogP contribution in [0.1, 0.15) is 12.5 Å². The van der Waals surface area contributed by atoms with Crippen molar-refractivity contribution >= 4 is 33.4 Å². The molecule has 0 radical (unpaired) electrons. The van der Waals surface area contributed by atoms with Crippen molar-refractivity contribution in [3.63, 3.8) is 0 Å². The maximum Gasteiger partial charge on any atom is 0.223 e. The minimum atomic E-state index is -0.0331. The van der Waals surface area contributed by atoms with Crippen molar-refractivity contribution in [2.75, 3.05) is 20.6 Å². The zero-order chi connectivity index (χ0) is 13.7. The van der Waals surface area contributed by atoms with Crippen LogP contribution in [0, 0.1) is 5.92 Å². The molecule has 100 valence electrons. The van der Waals surface area contributed by atoms with E-state index in [1.165, 1.54) is 0 Å². The maximum absolute atomic E-state index is 11.4. The maximum atomic E-state index is 11.4. The molecular formula is C13H18BrClN2O. The highest BCUT2D eigenvalue weighted by Gasteiger charge is 2.14. The van der Waals surface area contributed by atoms with Gasteiger partial charge in [0.2, 0.25) is 5.91 Å². The molecule has 0 aromatic heterocycles. The smallest absolute Gasteiger partial charge is 0.223 e. The summed E-state index contributed by atoms with van der Waals surface area (Å²) in [5, 5.41) is 3.39. The molecule has 1 aromatic carbocycles. The van der Waals surface area contributed by atoms with Crippen molar-refractivity contribution in [2.45, 2.75) is 13.5 Å². The first kappa shape index (κ1) is 15.5. The third kappa shape index (κ3) is 4.59. The monoisotopic (exact) mass is 332 g/mol. The van der Waals surface area contributed by atoms with Crippen molar-refractivity contribution in [1.29, 1.82) is 0 Å². The van der Waals surface area contributed by atoms with E-state index in [1.54, 1.807) is 7.05 Å². The molecule has 0 bridgehead atoms. The number of hydrogen-bond acceptors (Lipinski definition) is 2. The molecule has 1 atom stereocenters. The van der Waals surface area contributed by atoms with E-state index in [1.807, 2.05) is 32.2 Å². The van der Waals surface area contributed by atoms with Crippen LogP contribution in [-0.4, -0.2) is 31.4 Å². The van der Waals surface area contributed by atoms with Gasteiger partial charge >= 0.3 is 0 Å². The fourth-order valence-corrected chi connectivity index (χ4v) is 2.54. The van der Waals surface area contributed by atoms with Gasteiger partial charge in [-0.1, -0.05) is 40.5 Å². The lowest BCUT2D eigenvalue weighted by molar-refractivity contribution is -0.124. The lowest BCUT2D eigenvalue weighted by Crippen LogP contribution is -2.34. The van der Waals surface area contributed by atoms with E-state index >= 15 is 0 Å². The van der Waals surface area contributed by atoms with Crippen LogP contribution in [-0.2, 0) is 11.3 Å². The van der Waals surface area contributed by atoms with Crippen molar-refractivity contribution in [1.82, 2.24) is 10.2 Å². The first-order valence-electron chi connectivity index (χ1n) is 5.78. The Morgan fingerprint density at radius 3 is 2.78 bits per heavy atom. The number of benzene rings is 1. The van der Waals surface area contributed by atoms with Gasteiger partial charge in [0.1, 0.15) is 0 Å². The molecule has 0 heterocycles. The van der Waals surface area contributed by atoms with Crippen molar-refractivity contribution in [3.8, 4) is 0 Å². The Kier molecular flexibility index (Phi) is 6.12. The molecule has 0 saturated heterocycles. The molecule has 0 aliphatic carbocycles. The molecule has 0 fully saturated rings. The first-order valence-corrected chi connectivity index (χ1v) is 6.95. The SMILES string of the molecule is CNC(=O)C(C)CN(C)Cc1ccc(Br)cc1Cl. The molecule has 1 rings (SSSR count). The average molecular weight is 334 g/mol. The van der Waals surface area contributed by atoms with E-state index in [0.29, 0.717) is 6.54 Å². The number of nitrogens with zero attached hydrogens (tertiary/aromatic N) is 1. The molecule has 0 aliphatic heterocycles. The summed E-state index contributed by atoms with van der Waals surface area (Å²) >= 11 is 9.54. The number of rotatable bonds is 5. The minimum Gasteiger partial charge on any atom is -0.359 e. The molecular weight excluding hydrogens is 316 g/mol. The van der Waals surface area contributed by atoms with Crippen LogP contribution in [0.4, 0.5) is 0 Å². The van der Waals surface area contributed by atoms with Gasteiger partial charge in [-0.25, -0.2) is 0 Å². The number of hydrogen-bond donors (Lipinski definition) is 1. The Balaban J connectivity index is 2.59. The topological polar surface area (TPSA) is 32.3 Å². The van der Waals surface area contributed by atoms with Crippen LogP contribution in [0.25, 0.3) is 0 Å². The van der Waals surface area contributed by atoms with Gasteiger partial charge < -0.3 is 10.2 Å². The van der Waals surface area contributed by atoms with E-state index in [-0.39, 0.29) is 11.8 Å². The van der Waals surface area contributed by atoms with Gasteiger partial charge in [0, 0.05) is 35.6 Å². The molecule has 0 saturated carbocycles. The fraction of sp³-hybridized carbons (Fsp3) is 0.462. The van der Waals surface area contributed by atoms with Crippen LogP contribution in [0.15, 0.2) is 22.7 Å². The van der Waals surface area contributed by atoms with E-state index in [0.717, 1.165) is 21.6 Å². The van der Waals surface area contributed by atoms with Crippen LogP contribution < -0.4 is 5.32 Å². The largest absolute Gasteiger partial charge is 0.359 e. The lowest BCUT2D eigenvalue weighted by atomic mass is 10.1. The van der Waals surface area contributed by atoms with E-state index < -0.39 is 0 Å². The molecule has 1 unspecified atom stereocenters. The second kappa shape index (κ2) is 7.12. The normalized spacial score (nSPS) is 12.6. The van der Waals surface area contributed by atoms with Crippen LogP contribution in [0.5, 0.6) is 0 Å². The number of carbonyl (C=O) groups excluding carboxylic acids is 1. The highest BCUT2D eigenvalue weighted by Crippen LogP contribution is 2.22. The number of nitrogens with one attached hydrogen (secondary N) is 1. The van der Waals surface area contributed by atoms with Gasteiger partial charge in [-0.2, -0.15) is 0 Å². The van der Waals surface area contributed by atoms with Gasteiger partial charge in [0.15, 0.2) is 0 Å². The van der Waals surface area contributed by atoms with Crippen molar-refractivity contribution < 1.29 is 4.79 Å². The highest BCUT2D eigenvalue weighted by atomic mass is 79.9. The number of carbonyl (C=O) groups is 1. The Labute approximate surface area is 122 Å². The van der Waals surface area contributed by atoms with Crippen LogP contribution in [0.2, 0.25) is 5.02 Å². The van der Waals surface area contributed by atoms with Crippen LogP contribution in [0.3, 0.4) is 0 Å². The van der Waals surface area contributed by atoms with Gasteiger partial charge in [0.05, 0.1) is 0 Å². The van der Waals surface area contributed by atoms with Gasteiger partial charge in [0.25, 0.3) is 0 Å².